The van der Waals surface area contributed by atoms with Crippen LogP contribution in [0.15, 0.2) is 80.9 Å². The Balaban J connectivity index is 2.36. The Morgan fingerprint density at radius 2 is 1.40 bits per heavy atom. The second-order valence-electron chi connectivity index (χ2n) is 7.75. The van der Waals surface area contributed by atoms with Gasteiger partial charge in [-0.15, -0.1) is 0 Å². The van der Waals surface area contributed by atoms with Gasteiger partial charge in [0.05, 0.1) is 0 Å². The Hall–Kier alpha value is -3.64. The van der Waals surface area contributed by atoms with E-state index < -0.39 is 0 Å². The monoisotopic (exact) mass is 386 g/mol. The zero-order valence-corrected chi connectivity index (χ0v) is 17.8. The van der Waals surface area contributed by atoms with Gasteiger partial charge in [-0.05, 0) is 86.5 Å². The van der Waals surface area contributed by atoms with Gasteiger partial charge in [0, 0.05) is 0 Å². The molecule has 0 aliphatic rings. The van der Waals surface area contributed by atoms with Gasteiger partial charge in [0.2, 0.25) is 0 Å². The molecule has 146 valence electrons. The summed E-state index contributed by atoms with van der Waals surface area (Å²) < 4.78 is 0. The predicted octanol–water partition coefficient (Wildman–Crippen LogP) is 8.93. The maximum atomic E-state index is 4.24. The van der Waals surface area contributed by atoms with Gasteiger partial charge in [-0.2, -0.15) is 0 Å². The lowest BCUT2D eigenvalue weighted by molar-refractivity contribution is 1.51. The van der Waals surface area contributed by atoms with Crippen LogP contribution in [-0.2, 0) is 0 Å². The van der Waals surface area contributed by atoms with E-state index in [2.05, 4.69) is 94.8 Å². The van der Waals surface area contributed by atoms with Crippen molar-refractivity contribution in [2.24, 2.45) is 0 Å². The maximum absolute atomic E-state index is 4.24. The number of rotatable bonds is 5. The van der Waals surface area contributed by atoms with Crippen molar-refractivity contribution in [1.82, 2.24) is 0 Å². The molecule has 0 fully saturated rings. The van der Waals surface area contributed by atoms with E-state index in [1.165, 1.54) is 38.2 Å². The molecule has 4 aromatic carbocycles. The summed E-state index contributed by atoms with van der Waals surface area (Å²) in [6, 6.07) is 19.4. The van der Waals surface area contributed by atoms with Gasteiger partial charge in [-0.1, -0.05) is 92.6 Å². The molecule has 0 bridgehead atoms. The molecule has 0 N–H and O–H groups in total. The number of fused-ring (bicyclic) bond motifs is 2. The molecule has 0 heterocycles. The van der Waals surface area contributed by atoms with Crippen LogP contribution in [-0.4, -0.2) is 0 Å². The van der Waals surface area contributed by atoms with Crippen molar-refractivity contribution in [2.45, 2.75) is 13.8 Å². The number of aryl methyl sites for hydroxylation is 1. The molecule has 0 aliphatic carbocycles. The first-order valence-corrected chi connectivity index (χ1v) is 10.2. The summed E-state index contributed by atoms with van der Waals surface area (Å²) in [4.78, 5) is 0. The summed E-state index contributed by atoms with van der Waals surface area (Å²) in [6.07, 6.45) is 5.83. The zero-order chi connectivity index (χ0) is 21.4. The lowest BCUT2D eigenvalue weighted by atomic mass is 9.82. The molecule has 4 rings (SSSR count). The van der Waals surface area contributed by atoms with E-state index in [4.69, 9.17) is 0 Å². The van der Waals surface area contributed by atoms with Crippen LogP contribution < -0.4 is 0 Å². The average Bonchev–Trinajstić information content (AvgIpc) is 2.76. The van der Waals surface area contributed by atoms with E-state index >= 15 is 0 Å². The fourth-order valence-corrected chi connectivity index (χ4v) is 4.47. The highest BCUT2D eigenvalue weighted by molar-refractivity contribution is 6.13. The van der Waals surface area contributed by atoms with Gasteiger partial charge in [0.1, 0.15) is 0 Å². The fraction of sp³-hybridized carbons (Fsp3) is 0.0667. The van der Waals surface area contributed by atoms with Gasteiger partial charge in [-0.25, -0.2) is 0 Å². The summed E-state index contributed by atoms with van der Waals surface area (Å²) in [5.41, 5.74) is 9.03. The first-order valence-electron chi connectivity index (χ1n) is 10.2. The molecule has 0 atom stereocenters. The molecule has 0 unspecified atom stereocenters. The molecule has 4 aromatic rings. The molecular weight excluding hydrogens is 360 g/mol. The van der Waals surface area contributed by atoms with Gasteiger partial charge < -0.3 is 0 Å². The van der Waals surface area contributed by atoms with Gasteiger partial charge in [0.15, 0.2) is 0 Å². The number of hydrogen-bond donors (Lipinski definition) is 0. The lowest BCUT2D eigenvalue weighted by Crippen LogP contribution is -1.98. The van der Waals surface area contributed by atoms with Crippen LogP contribution in [0.5, 0.6) is 0 Å². The maximum Gasteiger partial charge on any atom is -0.00144 e. The topological polar surface area (TPSA) is 0 Å². The van der Waals surface area contributed by atoms with E-state index in [9.17, 15) is 0 Å². The molecule has 0 saturated heterocycles. The fourth-order valence-electron chi connectivity index (χ4n) is 4.47. The third kappa shape index (κ3) is 2.93. The third-order valence-corrected chi connectivity index (χ3v) is 5.90. The Morgan fingerprint density at radius 3 is 2.07 bits per heavy atom. The van der Waals surface area contributed by atoms with Crippen molar-refractivity contribution in [1.29, 1.82) is 0 Å². The van der Waals surface area contributed by atoms with Crippen molar-refractivity contribution in [2.75, 3.05) is 0 Å². The number of hydrogen-bond acceptors (Lipinski definition) is 0. The smallest absolute Gasteiger partial charge is 0.00144 e. The highest BCUT2D eigenvalue weighted by Crippen LogP contribution is 2.44. The summed E-state index contributed by atoms with van der Waals surface area (Å²) >= 11 is 0. The van der Waals surface area contributed by atoms with Crippen molar-refractivity contribution < 1.29 is 0 Å². The molecule has 30 heavy (non-hydrogen) atoms. The molecular formula is C30H26. The van der Waals surface area contributed by atoms with Crippen molar-refractivity contribution in [3.8, 4) is 11.1 Å². The van der Waals surface area contributed by atoms with Gasteiger partial charge in [-0.3, -0.25) is 0 Å². The molecule has 0 heteroatoms. The number of allylic oxidation sites excluding steroid dienone is 1. The second-order valence-corrected chi connectivity index (χ2v) is 7.75. The molecule has 0 radical (unpaired) electrons. The second kappa shape index (κ2) is 7.65. The summed E-state index contributed by atoms with van der Waals surface area (Å²) in [5.74, 6) is 0. The third-order valence-electron chi connectivity index (χ3n) is 5.90. The minimum absolute atomic E-state index is 1.03. The Morgan fingerprint density at radius 1 is 0.733 bits per heavy atom. The molecule has 0 aromatic heterocycles. The van der Waals surface area contributed by atoms with Gasteiger partial charge >= 0.3 is 0 Å². The van der Waals surface area contributed by atoms with E-state index in [1.807, 2.05) is 18.2 Å². The van der Waals surface area contributed by atoms with Crippen LogP contribution in [0, 0.1) is 6.92 Å². The number of benzene rings is 4. The Labute approximate surface area is 179 Å². The molecule has 0 amide bonds. The molecule has 0 nitrogen and oxygen atoms in total. The van der Waals surface area contributed by atoms with Crippen LogP contribution in [0.1, 0.15) is 34.7 Å². The predicted molar refractivity (Wildman–Crippen MR) is 137 cm³/mol. The SMILES string of the molecule is C=Cc1cc2c(C)cccc2c(-c2c(C=C)c(C(=C)C)cc3ccccc23)c1C=C. The van der Waals surface area contributed by atoms with Crippen LogP contribution in [0.4, 0.5) is 0 Å². The Kier molecular flexibility index (Phi) is 5.01. The normalized spacial score (nSPS) is 10.9. The van der Waals surface area contributed by atoms with Crippen LogP contribution in [0.3, 0.4) is 0 Å². The highest BCUT2D eigenvalue weighted by Gasteiger charge is 2.20. The first kappa shape index (κ1) is 19.7. The molecule has 0 saturated carbocycles. The van der Waals surface area contributed by atoms with E-state index in [-0.39, 0.29) is 0 Å². The Bertz CT molecular complexity index is 1360. The van der Waals surface area contributed by atoms with Crippen molar-refractivity contribution >= 4 is 45.3 Å². The standard InChI is InChI=1S/C30H26/c1-7-21-17-28-20(6)13-12-16-26(28)29(23(21)8-2)30-24(9-3)27(19(4)5)18-22-14-10-11-15-25(22)30/h7-18H,1-4H2,5-6H3. The minimum Gasteiger partial charge on any atom is -0.0984 e. The highest BCUT2D eigenvalue weighted by atomic mass is 14.2. The van der Waals surface area contributed by atoms with Crippen LogP contribution in [0.25, 0.3) is 56.5 Å². The van der Waals surface area contributed by atoms with E-state index in [1.54, 1.807) is 0 Å². The summed E-state index contributed by atoms with van der Waals surface area (Å²) in [6.45, 7) is 20.9. The first-order chi connectivity index (χ1) is 14.5. The quantitative estimate of drug-likeness (QED) is 0.321. The summed E-state index contributed by atoms with van der Waals surface area (Å²) in [5, 5.41) is 4.83. The summed E-state index contributed by atoms with van der Waals surface area (Å²) in [7, 11) is 0. The van der Waals surface area contributed by atoms with Crippen molar-refractivity contribution in [3.63, 3.8) is 0 Å². The lowest BCUT2D eigenvalue weighted by Gasteiger charge is -2.21. The molecule has 0 spiro atoms. The van der Waals surface area contributed by atoms with E-state index in [0.717, 1.165) is 27.8 Å². The van der Waals surface area contributed by atoms with Gasteiger partial charge in [0.25, 0.3) is 0 Å². The van der Waals surface area contributed by atoms with Crippen LogP contribution in [0.2, 0.25) is 0 Å². The molecule has 0 aliphatic heterocycles. The average molecular weight is 387 g/mol. The zero-order valence-electron chi connectivity index (χ0n) is 17.8. The van der Waals surface area contributed by atoms with Crippen LogP contribution >= 0.6 is 0 Å². The van der Waals surface area contributed by atoms with E-state index in [0.29, 0.717) is 0 Å². The largest absolute Gasteiger partial charge is 0.0984 e. The van der Waals surface area contributed by atoms with Crippen molar-refractivity contribution in [3.05, 3.63) is 109 Å². The minimum atomic E-state index is 1.03.